The summed E-state index contributed by atoms with van der Waals surface area (Å²) >= 11 is 0. The van der Waals surface area contributed by atoms with Gasteiger partial charge in [0.2, 0.25) is 0 Å². The van der Waals surface area contributed by atoms with Gasteiger partial charge in [-0.05, 0) is 62.2 Å². The fourth-order valence-corrected chi connectivity index (χ4v) is 3.91. The third-order valence-corrected chi connectivity index (χ3v) is 5.62. The number of anilines is 1. The lowest BCUT2D eigenvalue weighted by Gasteiger charge is -2.44. The number of carbonyl (C=O) groups excluding carboxylic acids is 2. The first-order valence-electron chi connectivity index (χ1n) is 9.02. The van der Waals surface area contributed by atoms with Gasteiger partial charge in [0, 0.05) is 18.8 Å². The molecule has 2 aliphatic heterocycles. The number of rotatable bonds is 2. The second-order valence-electron chi connectivity index (χ2n) is 7.01. The van der Waals surface area contributed by atoms with E-state index in [-0.39, 0.29) is 12.4 Å². The molecule has 2 fully saturated rings. The van der Waals surface area contributed by atoms with Gasteiger partial charge in [-0.2, -0.15) is 0 Å². The van der Waals surface area contributed by atoms with Gasteiger partial charge in [0.25, 0.3) is 0 Å². The predicted octanol–water partition coefficient (Wildman–Crippen LogP) is 2.60. The molecule has 6 heteroatoms. The first-order chi connectivity index (χ1) is 11.6. The number of hydrogen-bond acceptors (Lipinski definition) is 3. The van der Waals surface area contributed by atoms with Crippen LogP contribution in [0.2, 0.25) is 0 Å². The lowest BCUT2D eigenvalue weighted by molar-refractivity contribution is -0.145. The van der Waals surface area contributed by atoms with Crippen LogP contribution < -0.4 is 10.6 Å². The number of carbonyl (C=O) groups is 2. The lowest BCUT2D eigenvalue weighted by Crippen LogP contribution is -2.49. The van der Waals surface area contributed by atoms with E-state index in [0.29, 0.717) is 18.5 Å². The van der Waals surface area contributed by atoms with Gasteiger partial charge in [0.1, 0.15) is 0 Å². The summed E-state index contributed by atoms with van der Waals surface area (Å²) in [4.78, 5) is 26.5. The van der Waals surface area contributed by atoms with Crippen molar-refractivity contribution in [2.75, 3.05) is 31.5 Å². The Labute approximate surface area is 155 Å². The molecule has 2 heterocycles. The van der Waals surface area contributed by atoms with Crippen LogP contribution in [0.25, 0.3) is 0 Å². The normalized spacial score (nSPS) is 19.2. The van der Waals surface area contributed by atoms with Crippen molar-refractivity contribution in [1.29, 1.82) is 0 Å². The fraction of sp³-hybridized carbons (Fsp3) is 0.579. The Balaban J connectivity index is 0.00000225. The van der Waals surface area contributed by atoms with Crippen LogP contribution in [0, 0.1) is 5.41 Å². The number of amides is 2. The molecule has 0 unspecified atom stereocenters. The van der Waals surface area contributed by atoms with Gasteiger partial charge in [-0.25, -0.2) is 0 Å². The molecular weight excluding hydrogens is 338 g/mol. The second kappa shape index (κ2) is 8.68. The van der Waals surface area contributed by atoms with Crippen molar-refractivity contribution in [3.63, 3.8) is 0 Å². The summed E-state index contributed by atoms with van der Waals surface area (Å²) in [6.07, 6.45) is 5.22. The first-order valence-corrected chi connectivity index (χ1v) is 9.02. The molecule has 0 aromatic heterocycles. The Morgan fingerprint density at radius 2 is 1.76 bits per heavy atom. The second-order valence-corrected chi connectivity index (χ2v) is 7.01. The molecule has 1 aromatic carbocycles. The van der Waals surface area contributed by atoms with Crippen molar-refractivity contribution in [3.8, 4) is 0 Å². The molecule has 2 saturated heterocycles. The molecule has 2 N–H and O–H groups in total. The highest BCUT2D eigenvalue weighted by molar-refractivity contribution is 6.39. The predicted molar refractivity (Wildman–Crippen MR) is 102 cm³/mol. The van der Waals surface area contributed by atoms with Crippen LogP contribution >= 0.6 is 12.4 Å². The minimum Gasteiger partial charge on any atom is -0.334 e. The van der Waals surface area contributed by atoms with Crippen molar-refractivity contribution in [2.24, 2.45) is 5.41 Å². The van der Waals surface area contributed by atoms with E-state index in [1.807, 2.05) is 31.2 Å². The zero-order valence-electron chi connectivity index (χ0n) is 14.8. The van der Waals surface area contributed by atoms with E-state index in [0.717, 1.165) is 43.6 Å². The molecular formula is C19H28ClN3O2. The zero-order chi connectivity index (χ0) is 17.0. The molecule has 0 atom stereocenters. The van der Waals surface area contributed by atoms with Gasteiger partial charge >= 0.3 is 11.8 Å². The Kier molecular flexibility index (Phi) is 6.85. The van der Waals surface area contributed by atoms with E-state index in [4.69, 9.17) is 0 Å². The van der Waals surface area contributed by atoms with Gasteiger partial charge in [0.05, 0.1) is 0 Å². The summed E-state index contributed by atoms with van der Waals surface area (Å²) in [7, 11) is 0. The van der Waals surface area contributed by atoms with Gasteiger partial charge in [0.15, 0.2) is 0 Å². The average Bonchev–Trinajstić information content (AvgIpc) is 2.63. The topological polar surface area (TPSA) is 61.4 Å². The van der Waals surface area contributed by atoms with Crippen LogP contribution in [0.15, 0.2) is 24.3 Å². The molecule has 138 valence electrons. The highest BCUT2D eigenvalue weighted by Crippen LogP contribution is 2.39. The van der Waals surface area contributed by atoms with E-state index in [1.165, 1.54) is 12.8 Å². The molecule has 2 aliphatic rings. The van der Waals surface area contributed by atoms with Crippen molar-refractivity contribution in [1.82, 2.24) is 10.2 Å². The highest BCUT2D eigenvalue weighted by atomic mass is 35.5. The van der Waals surface area contributed by atoms with E-state index in [1.54, 1.807) is 4.90 Å². The number of piperidine rings is 2. The minimum atomic E-state index is -0.517. The van der Waals surface area contributed by atoms with Gasteiger partial charge in [-0.3, -0.25) is 9.59 Å². The quantitative estimate of drug-likeness (QED) is 0.792. The summed E-state index contributed by atoms with van der Waals surface area (Å²) < 4.78 is 0. The van der Waals surface area contributed by atoms with E-state index < -0.39 is 11.8 Å². The number of hydrogen-bond donors (Lipinski definition) is 2. The van der Waals surface area contributed by atoms with Crippen LogP contribution in [0.1, 0.15) is 38.2 Å². The summed E-state index contributed by atoms with van der Waals surface area (Å²) in [5.74, 6) is -0.915. The lowest BCUT2D eigenvalue weighted by atomic mass is 9.71. The first kappa shape index (κ1) is 19.7. The fourth-order valence-electron chi connectivity index (χ4n) is 3.91. The zero-order valence-corrected chi connectivity index (χ0v) is 15.7. The molecule has 1 aromatic rings. The van der Waals surface area contributed by atoms with Crippen molar-refractivity contribution in [2.45, 2.75) is 39.0 Å². The maximum atomic E-state index is 12.5. The Hall–Kier alpha value is -1.59. The van der Waals surface area contributed by atoms with Crippen LogP contribution in [0.5, 0.6) is 0 Å². The number of halogens is 1. The Morgan fingerprint density at radius 3 is 2.40 bits per heavy atom. The number of likely N-dealkylation sites (tertiary alicyclic amines) is 1. The standard InChI is InChI=1S/C19H27N3O2.ClH/c1-2-15-5-3-4-6-16(15)21-17(23)18(24)22-13-9-19(10-14-22)7-11-20-12-8-19;/h3-6,20H,2,7-14H2,1H3,(H,21,23);1H. The van der Waals surface area contributed by atoms with Gasteiger partial charge in [-0.1, -0.05) is 25.1 Å². The third-order valence-electron chi connectivity index (χ3n) is 5.62. The monoisotopic (exact) mass is 365 g/mol. The van der Waals surface area contributed by atoms with Crippen LogP contribution in [0.4, 0.5) is 5.69 Å². The van der Waals surface area contributed by atoms with Gasteiger partial charge in [-0.15, -0.1) is 12.4 Å². The minimum absolute atomic E-state index is 0. The summed E-state index contributed by atoms with van der Waals surface area (Å²) in [6.45, 7) is 5.57. The van der Waals surface area contributed by atoms with Crippen LogP contribution in [-0.2, 0) is 16.0 Å². The van der Waals surface area contributed by atoms with Crippen molar-refractivity contribution < 1.29 is 9.59 Å². The van der Waals surface area contributed by atoms with E-state index in [9.17, 15) is 9.59 Å². The molecule has 3 rings (SSSR count). The molecule has 0 bridgehead atoms. The molecule has 0 radical (unpaired) electrons. The average molecular weight is 366 g/mol. The summed E-state index contributed by atoms with van der Waals surface area (Å²) in [6, 6.07) is 7.65. The number of nitrogens with zero attached hydrogens (tertiary/aromatic N) is 1. The Morgan fingerprint density at radius 1 is 1.12 bits per heavy atom. The number of benzene rings is 1. The third kappa shape index (κ3) is 4.53. The largest absolute Gasteiger partial charge is 0.334 e. The van der Waals surface area contributed by atoms with Crippen LogP contribution in [0.3, 0.4) is 0 Å². The van der Waals surface area contributed by atoms with Crippen molar-refractivity contribution >= 4 is 29.9 Å². The molecule has 0 saturated carbocycles. The highest BCUT2D eigenvalue weighted by Gasteiger charge is 2.37. The van der Waals surface area contributed by atoms with E-state index in [2.05, 4.69) is 10.6 Å². The summed E-state index contributed by atoms with van der Waals surface area (Å²) in [5.41, 5.74) is 2.17. The summed E-state index contributed by atoms with van der Waals surface area (Å²) in [5, 5.41) is 6.19. The van der Waals surface area contributed by atoms with Crippen molar-refractivity contribution in [3.05, 3.63) is 29.8 Å². The molecule has 2 amide bonds. The smallest absolute Gasteiger partial charge is 0.313 e. The molecule has 0 aliphatic carbocycles. The number of nitrogens with one attached hydrogen (secondary N) is 2. The number of aryl methyl sites for hydroxylation is 1. The maximum Gasteiger partial charge on any atom is 0.313 e. The van der Waals surface area contributed by atoms with Gasteiger partial charge < -0.3 is 15.5 Å². The Bertz CT molecular complexity index is 604. The molecule has 25 heavy (non-hydrogen) atoms. The molecule has 1 spiro atoms. The SMILES string of the molecule is CCc1ccccc1NC(=O)C(=O)N1CCC2(CCNCC2)CC1.Cl. The van der Waals surface area contributed by atoms with E-state index >= 15 is 0 Å². The maximum absolute atomic E-state index is 12.5. The number of para-hydroxylation sites is 1. The molecule has 5 nitrogen and oxygen atoms in total. The van der Waals surface area contributed by atoms with Crippen LogP contribution in [-0.4, -0.2) is 42.9 Å².